The predicted molar refractivity (Wildman–Crippen MR) is 48.0 cm³/mol. The SMILES string of the molecule is CC(=O)O[C]([SnH3])(OC(C)=O)OC(C)=O. The van der Waals surface area contributed by atoms with E-state index in [0.717, 1.165) is 20.8 Å². The summed E-state index contributed by atoms with van der Waals surface area (Å²) in [4.78, 5) is 32.0. The van der Waals surface area contributed by atoms with Crippen LogP contribution in [0, 0.1) is 0 Å². The minimum absolute atomic E-state index is 0.539. The van der Waals surface area contributed by atoms with Crippen molar-refractivity contribution in [2.75, 3.05) is 0 Å². The van der Waals surface area contributed by atoms with Gasteiger partial charge in [-0.05, 0) is 0 Å². The van der Waals surface area contributed by atoms with E-state index in [0.29, 0.717) is 0 Å². The van der Waals surface area contributed by atoms with Gasteiger partial charge < -0.3 is 0 Å². The predicted octanol–water partition coefficient (Wildman–Crippen LogP) is -1.35. The zero-order valence-corrected chi connectivity index (χ0v) is 14.2. The van der Waals surface area contributed by atoms with Crippen molar-refractivity contribution in [2.45, 2.75) is 24.8 Å². The van der Waals surface area contributed by atoms with Gasteiger partial charge in [0.2, 0.25) is 0 Å². The van der Waals surface area contributed by atoms with Gasteiger partial charge in [0.05, 0.1) is 0 Å². The van der Waals surface area contributed by atoms with Crippen LogP contribution in [0.2, 0.25) is 0 Å². The van der Waals surface area contributed by atoms with E-state index >= 15 is 0 Å². The van der Waals surface area contributed by atoms with Crippen molar-refractivity contribution in [3.8, 4) is 0 Å². The first kappa shape index (κ1) is 13.2. The fraction of sp³-hybridized carbons (Fsp3) is 0.571. The van der Waals surface area contributed by atoms with Crippen LogP contribution in [0.3, 0.4) is 0 Å². The molecule has 0 unspecified atom stereocenters. The Bertz CT molecular complexity index is 220. The van der Waals surface area contributed by atoms with Gasteiger partial charge in [-0.1, -0.05) is 0 Å². The van der Waals surface area contributed by atoms with Gasteiger partial charge in [-0.2, -0.15) is 0 Å². The van der Waals surface area contributed by atoms with Gasteiger partial charge in [0.1, 0.15) is 0 Å². The molecule has 80 valence electrons. The van der Waals surface area contributed by atoms with E-state index in [1.807, 2.05) is 0 Å². The van der Waals surface area contributed by atoms with Crippen molar-refractivity contribution < 1.29 is 28.6 Å². The van der Waals surface area contributed by atoms with Crippen LogP contribution in [0.25, 0.3) is 0 Å². The molecular weight excluding hydrogens is 299 g/mol. The minimum atomic E-state index is -1.77. The third-order valence-corrected chi connectivity index (χ3v) is 2.74. The Morgan fingerprint density at radius 2 is 1.07 bits per heavy atom. The first-order valence-corrected chi connectivity index (χ1v) is 6.69. The van der Waals surface area contributed by atoms with Crippen LogP contribution in [0.5, 0.6) is 0 Å². The van der Waals surface area contributed by atoms with Crippen molar-refractivity contribution >= 4 is 40.4 Å². The van der Waals surface area contributed by atoms with Crippen molar-refractivity contribution in [1.29, 1.82) is 0 Å². The summed E-state index contributed by atoms with van der Waals surface area (Å²) < 4.78 is 12.1. The van der Waals surface area contributed by atoms with E-state index in [9.17, 15) is 14.4 Å². The summed E-state index contributed by atoms with van der Waals surface area (Å²) in [7, 11) is 0. The van der Waals surface area contributed by atoms with Gasteiger partial charge in [-0.15, -0.1) is 0 Å². The molecule has 0 saturated carbocycles. The molecule has 14 heavy (non-hydrogen) atoms. The summed E-state index contributed by atoms with van der Waals surface area (Å²) in [6.45, 7) is 3.41. The molecule has 6 nitrogen and oxygen atoms in total. The molecule has 0 aromatic carbocycles. The molecule has 0 aliphatic rings. The Morgan fingerprint density at radius 3 is 1.21 bits per heavy atom. The number of hydrogen-bond acceptors (Lipinski definition) is 6. The molecule has 7 heteroatoms. The number of esters is 3. The molecular formula is C7H12O6Sn. The van der Waals surface area contributed by atoms with Crippen LogP contribution in [-0.2, 0) is 28.6 Å². The molecule has 0 N–H and O–H groups in total. The normalized spacial score (nSPS) is 10.5. The Kier molecular flexibility index (Phi) is 4.89. The molecule has 0 radical (unpaired) electrons. The number of carbonyl (C=O) groups is 3. The van der Waals surface area contributed by atoms with E-state index in [4.69, 9.17) is 0 Å². The monoisotopic (exact) mass is 312 g/mol. The van der Waals surface area contributed by atoms with Crippen LogP contribution in [0.15, 0.2) is 0 Å². The number of carbonyl (C=O) groups excluding carboxylic acids is 3. The molecule has 0 heterocycles. The molecule has 0 atom stereocenters. The topological polar surface area (TPSA) is 78.9 Å². The van der Waals surface area contributed by atoms with E-state index in [1.165, 1.54) is 0 Å². The maximum absolute atomic E-state index is 10.7. The molecule has 0 spiro atoms. The summed E-state index contributed by atoms with van der Waals surface area (Å²) in [5.41, 5.74) is 0. The van der Waals surface area contributed by atoms with Crippen LogP contribution in [0.4, 0.5) is 0 Å². The van der Waals surface area contributed by atoms with Crippen molar-refractivity contribution in [3.63, 3.8) is 0 Å². The Morgan fingerprint density at radius 1 is 0.857 bits per heavy atom. The Labute approximate surface area is 94.0 Å². The van der Waals surface area contributed by atoms with Crippen molar-refractivity contribution in [1.82, 2.24) is 0 Å². The number of hydrogen-bond donors (Lipinski definition) is 0. The zero-order valence-electron chi connectivity index (χ0n) is 8.45. The van der Waals surface area contributed by atoms with Gasteiger partial charge in [0.15, 0.2) is 0 Å². The standard InChI is InChI=1S/C7H9O6.Sn.3H/c1-4(8)11-7(12-5(2)9)13-6(3)10;;;;/h1-3H3;;;;. The second-order valence-electron chi connectivity index (χ2n) is 2.64. The summed E-state index contributed by atoms with van der Waals surface area (Å²) in [6.07, 6.45) is 0. The average Bonchev–Trinajstić information content (AvgIpc) is 1.76. The van der Waals surface area contributed by atoms with Gasteiger partial charge in [-0.3, -0.25) is 0 Å². The number of ether oxygens (including phenoxy) is 3. The third kappa shape index (κ3) is 5.79. The van der Waals surface area contributed by atoms with Gasteiger partial charge in [-0.25, -0.2) is 0 Å². The molecule has 0 rings (SSSR count). The molecule has 0 aliphatic heterocycles. The summed E-state index contributed by atoms with van der Waals surface area (Å²) in [5.74, 6) is -2.02. The zero-order chi connectivity index (χ0) is 11.4. The summed E-state index contributed by atoms with van der Waals surface area (Å²) in [6, 6.07) is 0. The van der Waals surface area contributed by atoms with Crippen molar-refractivity contribution in [3.05, 3.63) is 0 Å². The first-order chi connectivity index (χ1) is 6.25. The first-order valence-electron chi connectivity index (χ1n) is 3.84. The Balaban J connectivity index is 4.56. The van der Waals surface area contributed by atoms with Crippen LogP contribution < -0.4 is 0 Å². The molecule has 0 fully saturated rings. The molecule has 0 bridgehead atoms. The number of rotatable bonds is 3. The fourth-order valence-electron chi connectivity index (χ4n) is 0.846. The second-order valence-corrected chi connectivity index (χ2v) is 6.14. The van der Waals surface area contributed by atoms with Gasteiger partial charge in [0.25, 0.3) is 0 Å². The van der Waals surface area contributed by atoms with Crippen molar-refractivity contribution in [2.24, 2.45) is 0 Å². The third-order valence-electron chi connectivity index (χ3n) is 0.987. The van der Waals surface area contributed by atoms with E-state index < -0.39 is 44.4 Å². The van der Waals surface area contributed by atoms with E-state index in [-0.39, 0.29) is 0 Å². The molecule has 0 aromatic heterocycles. The molecule has 0 amide bonds. The van der Waals surface area contributed by atoms with Crippen LogP contribution >= 0.6 is 0 Å². The second kappa shape index (κ2) is 5.18. The van der Waals surface area contributed by atoms with E-state index in [2.05, 4.69) is 14.2 Å². The Hall–Kier alpha value is -0.791. The van der Waals surface area contributed by atoms with Crippen LogP contribution in [0.1, 0.15) is 20.8 Å². The van der Waals surface area contributed by atoms with Gasteiger partial charge >= 0.3 is 93.8 Å². The summed E-state index contributed by atoms with van der Waals surface area (Å²) >= 11 is -0.539. The quantitative estimate of drug-likeness (QED) is 0.364. The van der Waals surface area contributed by atoms with Gasteiger partial charge in [0, 0.05) is 0 Å². The average molecular weight is 311 g/mol. The molecule has 0 aromatic rings. The molecule has 0 aliphatic carbocycles. The fourth-order valence-corrected chi connectivity index (χ4v) is 3.31. The maximum atomic E-state index is 10.7. The molecule has 0 saturated heterocycles. The van der Waals surface area contributed by atoms with Crippen LogP contribution in [-0.4, -0.2) is 44.4 Å². The van der Waals surface area contributed by atoms with E-state index in [1.54, 1.807) is 0 Å². The summed E-state index contributed by atoms with van der Waals surface area (Å²) in [5, 5.41) is 0.